The Morgan fingerprint density at radius 3 is 1.54 bits per heavy atom. The zero-order valence-electron chi connectivity index (χ0n) is 35.0. The van der Waals surface area contributed by atoms with Gasteiger partial charge in [0, 0.05) is 43.7 Å². The summed E-state index contributed by atoms with van der Waals surface area (Å²) in [6.07, 6.45) is 0. The Balaban J connectivity index is 0.956. The highest BCUT2D eigenvalue weighted by Crippen LogP contribution is 2.52. The maximum absolute atomic E-state index is 2.52. The van der Waals surface area contributed by atoms with Crippen LogP contribution in [0.1, 0.15) is 25.0 Å². The fraction of sp³-hybridized carbons (Fsp3) is 0.0492. The average molecular weight is 801 g/mol. The van der Waals surface area contributed by atoms with Gasteiger partial charge in [0.2, 0.25) is 0 Å². The van der Waals surface area contributed by atoms with Crippen LogP contribution in [-0.4, -0.2) is 9.13 Å². The summed E-state index contributed by atoms with van der Waals surface area (Å²) in [6, 6.07) is 77.0. The molecule has 0 fully saturated rings. The highest BCUT2D eigenvalue weighted by Gasteiger charge is 2.36. The molecule has 0 radical (unpaired) electrons. The van der Waals surface area contributed by atoms with Crippen LogP contribution in [0.5, 0.6) is 0 Å². The Kier molecular flexibility index (Phi) is 6.93. The van der Waals surface area contributed by atoms with Gasteiger partial charge in [0.05, 0.1) is 22.1 Å². The first-order valence-electron chi connectivity index (χ1n) is 22.1. The molecule has 0 saturated heterocycles. The quantitative estimate of drug-likeness (QED) is 0.158. The van der Waals surface area contributed by atoms with Gasteiger partial charge in [0.25, 0.3) is 0 Å². The second-order valence-corrected chi connectivity index (χ2v) is 18.0. The van der Waals surface area contributed by atoms with Gasteiger partial charge >= 0.3 is 0 Å². The third-order valence-corrected chi connectivity index (χ3v) is 14.5. The summed E-state index contributed by atoms with van der Waals surface area (Å²) < 4.78 is 4.94. The number of para-hydroxylation sites is 1. The lowest BCUT2D eigenvalue weighted by Crippen LogP contribution is -2.14. The van der Waals surface area contributed by atoms with Crippen molar-refractivity contribution in [2.24, 2.45) is 0 Å². The van der Waals surface area contributed by atoms with Crippen molar-refractivity contribution < 1.29 is 0 Å². The molecule has 14 rings (SSSR count). The van der Waals surface area contributed by atoms with Gasteiger partial charge in [0.15, 0.2) is 0 Å². The number of aromatic nitrogens is 2. The molecule has 0 N–H and O–H groups in total. The van der Waals surface area contributed by atoms with E-state index in [1.807, 2.05) is 0 Å². The van der Waals surface area contributed by atoms with Crippen LogP contribution in [-0.2, 0) is 5.41 Å². The molecular formula is C61H40N2. The van der Waals surface area contributed by atoms with Crippen LogP contribution < -0.4 is 0 Å². The van der Waals surface area contributed by atoms with E-state index in [9.17, 15) is 0 Å². The molecule has 0 bridgehead atoms. The predicted octanol–water partition coefficient (Wildman–Crippen LogP) is 16.5. The molecule has 0 unspecified atom stereocenters. The monoisotopic (exact) mass is 800 g/mol. The van der Waals surface area contributed by atoms with Crippen LogP contribution in [0.15, 0.2) is 206 Å². The molecular weight excluding hydrogens is 761 g/mol. The smallest absolute Gasteiger partial charge is 0.0547 e. The average Bonchev–Trinajstić information content (AvgIpc) is 3.94. The molecule has 11 aromatic carbocycles. The highest BCUT2D eigenvalue weighted by molar-refractivity contribution is 6.35. The highest BCUT2D eigenvalue weighted by atomic mass is 15.0. The number of benzene rings is 11. The zero-order chi connectivity index (χ0) is 41.6. The molecule has 0 atom stereocenters. The van der Waals surface area contributed by atoms with Crippen molar-refractivity contribution in [1.29, 1.82) is 0 Å². The number of fused-ring (bicyclic) bond motifs is 18. The van der Waals surface area contributed by atoms with E-state index >= 15 is 0 Å². The molecule has 63 heavy (non-hydrogen) atoms. The molecule has 294 valence electrons. The molecule has 1 aliphatic rings. The molecule has 2 aromatic heterocycles. The third kappa shape index (κ3) is 4.67. The lowest BCUT2D eigenvalue weighted by atomic mass is 9.82. The predicted molar refractivity (Wildman–Crippen MR) is 268 cm³/mol. The summed E-state index contributed by atoms with van der Waals surface area (Å²) in [5, 5.41) is 15.5. The van der Waals surface area contributed by atoms with Crippen LogP contribution in [0.3, 0.4) is 0 Å². The summed E-state index contributed by atoms with van der Waals surface area (Å²) in [5.74, 6) is 0. The van der Waals surface area contributed by atoms with Crippen LogP contribution in [0.25, 0.3) is 120 Å². The van der Waals surface area contributed by atoms with Crippen LogP contribution in [0.2, 0.25) is 0 Å². The Morgan fingerprint density at radius 1 is 0.302 bits per heavy atom. The van der Waals surface area contributed by atoms with E-state index < -0.39 is 0 Å². The largest absolute Gasteiger partial charge is 0.309 e. The number of nitrogens with zero attached hydrogens (tertiary/aromatic N) is 2. The van der Waals surface area contributed by atoms with Gasteiger partial charge in [0.1, 0.15) is 0 Å². The maximum Gasteiger partial charge on any atom is 0.0547 e. The van der Waals surface area contributed by atoms with Crippen molar-refractivity contribution in [3.05, 3.63) is 217 Å². The van der Waals surface area contributed by atoms with Gasteiger partial charge in [-0.05, 0) is 126 Å². The second kappa shape index (κ2) is 12.6. The van der Waals surface area contributed by atoms with Crippen molar-refractivity contribution >= 4 is 86.7 Å². The van der Waals surface area contributed by atoms with Gasteiger partial charge in [-0.25, -0.2) is 0 Å². The molecule has 1 aliphatic carbocycles. The SMILES string of the molecule is CC1(C)c2ccccc2-c2cc3c4c5c6ccccc6c6ccccc6c5ccc4n(-c4ccc(-c5ccc(-n6c7ccccc7c7c8ccccc8ccc76)cc5)cc4)c3cc21. The fourth-order valence-electron chi connectivity index (χ4n) is 11.6. The minimum absolute atomic E-state index is 0.116. The van der Waals surface area contributed by atoms with Gasteiger partial charge < -0.3 is 9.13 Å². The molecule has 0 amide bonds. The Labute approximate surface area is 364 Å². The van der Waals surface area contributed by atoms with Crippen LogP contribution >= 0.6 is 0 Å². The zero-order valence-corrected chi connectivity index (χ0v) is 35.0. The van der Waals surface area contributed by atoms with E-state index in [2.05, 4.69) is 229 Å². The van der Waals surface area contributed by atoms with E-state index in [-0.39, 0.29) is 5.41 Å². The summed E-state index contributed by atoms with van der Waals surface area (Å²) in [4.78, 5) is 0. The van der Waals surface area contributed by atoms with E-state index in [1.165, 1.54) is 120 Å². The lowest BCUT2D eigenvalue weighted by molar-refractivity contribution is 0.661. The number of rotatable bonds is 3. The van der Waals surface area contributed by atoms with Crippen LogP contribution in [0, 0.1) is 0 Å². The Hall–Kier alpha value is -7.94. The fourth-order valence-corrected chi connectivity index (χ4v) is 11.6. The minimum atomic E-state index is -0.116. The van der Waals surface area contributed by atoms with Gasteiger partial charge in [-0.1, -0.05) is 166 Å². The van der Waals surface area contributed by atoms with E-state index in [1.54, 1.807) is 0 Å². The molecule has 0 saturated carbocycles. The first-order valence-corrected chi connectivity index (χ1v) is 22.1. The first-order chi connectivity index (χ1) is 31.0. The summed E-state index contributed by atoms with van der Waals surface area (Å²) in [6.45, 7) is 4.77. The van der Waals surface area contributed by atoms with Crippen LogP contribution in [0.4, 0.5) is 0 Å². The van der Waals surface area contributed by atoms with Crippen molar-refractivity contribution in [3.8, 4) is 33.6 Å². The normalized spacial score (nSPS) is 13.4. The number of hydrogen-bond donors (Lipinski definition) is 0. The molecule has 2 heteroatoms. The van der Waals surface area contributed by atoms with Gasteiger partial charge in [-0.15, -0.1) is 0 Å². The van der Waals surface area contributed by atoms with Crippen molar-refractivity contribution in [2.45, 2.75) is 19.3 Å². The molecule has 2 nitrogen and oxygen atoms in total. The second-order valence-electron chi connectivity index (χ2n) is 18.0. The molecule has 0 spiro atoms. The van der Waals surface area contributed by atoms with Crippen molar-refractivity contribution in [1.82, 2.24) is 9.13 Å². The third-order valence-electron chi connectivity index (χ3n) is 14.5. The van der Waals surface area contributed by atoms with Gasteiger partial charge in [-0.2, -0.15) is 0 Å². The lowest BCUT2D eigenvalue weighted by Gasteiger charge is -2.21. The Bertz CT molecular complexity index is 4050. The molecule has 2 heterocycles. The molecule has 0 aliphatic heterocycles. The molecule has 13 aromatic rings. The maximum atomic E-state index is 2.52. The topological polar surface area (TPSA) is 9.86 Å². The summed E-state index contributed by atoms with van der Waals surface area (Å²) >= 11 is 0. The summed E-state index contributed by atoms with van der Waals surface area (Å²) in [7, 11) is 0. The van der Waals surface area contributed by atoms with E-state index in [0.717, 1.165) is 11.4 Å². The standard InChI is InChI=1S/C61H40N2/c1-61(2)52-21-11-9-18-46(52)50-35-51-57(36-53(50)61)63(56-34-32-48-45-17-6-5-15-43(45)44-16-7-8-19-47(44)59(48)60(51)56)41-30-25-38(26-31-41)37-23-28-40(29-24-37)62-54-22-12-10-20-49(54)58-42-14-4-3-13-39(42)27-33-55(58)62/h3-36H,1-2H3. The minimum Gasteiger partial charge on any atom is -0.309 e. The van der Waals surface area contributed by atoms with Gasteiger partial charge in [-0.3, -0.25) is 0 Å². The Morgan fingerprint density at radius 2 is 0.825 bits per heavy atom. The summed E-state index contributed by atoms with van der Waals surface area (Å²) in [5.41, 5.74) is 15.0. The number of hydrogen-bond acceptors (Lipinski definition) is 0. The van der Waals surface area contributed by atoms with E-state index in [4.69, 9.17) is 0 Å². The van der Waals surface area contributed by atoms with Crippen molar-refractivity contribution in [3.63, 3.8) is 0 Å². The van der Waals surface area contributed by atoms with Crippen molar-refractivity contribution in [2.75, 3.05) is 0 Å². The van der Waals surface area contributed by atoms with E-state index in [0.29, 0.717) is 0 Å². The first kappa shape index (κ1) is 34.7.